The molecule has 75 valence electrons. The standard InChI is InChI=1S/C8H9NO.Mn.2O/c1-6-3-7(2)9-8(4-6)5-10;;;/h3-5H,1-2H3;;;/q;;2*-2. The minimum atomic E-state index is 0. The molecular weight excluding hydrogens is 213 g/mol. The third kappa shape index (κ3) is 5.49. The third-order valence-corrected chi connectivity index (χ3v) is 1.24. The molecule has 0 amide bonds. The number of rotatable bonds is 1. The molecule has 0 atom stereocenters. The minimum absolute atomic E-state index is 0. The van der Waals surface area contributed by atoms with Crippen LogP contribution in [0.15, 0.2) is 12.1 Å². The van der Waals surface area contributed by atoms with Gasteiger partial charge in [0.15, 0.2) is 6.29 Å². The fourth-order valence-corrected chi connectivity index (χ4v) is 0.933. The van der Waals surface area contributed by atoms with Crippen molar-refractivity contribution in [3.63, 3.8) is 0 Å². The van der Waals surface area contributed by atoms with Gasteiger partial charge in [0, 0.05) is 22.8 Å². The van der Waals surface area contributed by atoms with E-state index in [1.54, 1.807) is 6.07 Å². The van der Waals surface area contributed by atoms with Gasteiger partial charge in [-0.25, -0.2) is 0 Å². The van der Waals surface area contributed by atoms with E-state index in [2.05, 4.69) is 4.98 Å². The van der Waals surface area contributed by atoms with Crippen molar-refractivity contribution in [3.05, 3.63) is 29.1 Å². The molecule has 13 heavy (non-hydrogen) atoms. The largest absolute Gasteiger partial charge is 2.00 e. The number of carbonyl (C=O) groups excluding carboxylic acids is 1. The van der Waals surface area contributed by atoms with Gasteiger partial charge >= 0.3 is 0 Å². The van der Waals surface area contributed by atoms with Gasteiger partial charge in [-0.2, -0.15) is 0 Å². The zero-order valence-corrected chi connectivity index (χ0v) is 8.46. The van der Waals surface area contributed by atoms with E-state index in [9.17, 15) is 4.79 Å². The predicted molar refractivity (Wildman–Crippen MR) is 40.5 cm³/mol. The molecule has 0 saturated carbocycles. The summed E-state index contributed by atoms with van der Waals surface area (Å²) < 4.78 is 0. The summed E-state index contributed by atoms with van der Waals surface area (Å²) in [4.78, 5) is 14.2. The van der Waals surface area contributed by atoms with Crippen molar-refractivity contribution in [1.82, 2.24) is 4.98 Å². The van der Waals surface area contributed by atoms with Gasteiger partial charge in [-0.1, -0.05) is 0 Å². The first-order valence-corrected chi connectivity index (χ1v) is 3.13. The van der Waals surface area contributed by atoms with Crippen LogP contribution in [0, 0.1) is 13.8 Å². The Labute approximate surface area is 87.5 Å². The maximum Gasteiger partial charge on any atom is 0.168 e. The predicted octanol–water partition coefficient (Wildman–Crippen LogP) is 1.27. The van der Waals surface area contributed by atoms with Gasteiger partial charge in [0.1, 0.15) is 5.69 Å². The maximum absolute atomic E-state index is 10.2. The van der Waals surface area contributed by atoms with Crippen molar-refractivity contribution in [3.8, 4) is 0 Å². The number of nitrogens with zero attached hydrogens (tertiary/aromatic N) is 1. The van der Waals surface area contributed by atoms with Crippen LogP contribution >= 0.6 is 0 Å². The summed E-state index contributed by atoms with van der Waals surface area (Å²) >= 11 is 0. The van der Waals surface area contributed by atoms with Gasteiger partial charge in [-0.3, -0.25) is 9.78 Å². The van der Waals surface area contributed by atoms with Gasteiger partial charge in [-0.15, -0.1) is 0 Å². The van der Waals surface area contributed by atoms with Crippen molar-refractivity contribution in [2.45, 2.75) is 13.8 Å². The van der Waals surface area contributed by atoms with E-state index in [0.717, 1.165) is 17.5 Å². The van der Waals surface area contributed by atoms with E-state index in [-0.39, 0.29) is 28.0 Å². The first-order valence-electron chi connectivity index (χ1n) is 3.13. The van der Waals surface area contributed by atoms with Crippen LogP contribution in [0.5, 0.6) is 0 Å². The van der Waals surface area contributed by atoms with Gasteiger partial charge in [0.05, 0.1) is 0 Å². The normalized spacial score (nSPS) is 7.23. The average Bonchev–Trinajstić information content (AvgIpc) is 1.85. The number of hydrogen-bond donors (Lipinski definition) is 0. The Hall–Kier alpha value is -0.741. The average molecular weight is 222 g/mol. The number of carbonyl (C=O) groups is 1. The molecule has 0 aliphatic heterocycles. The van der Waals surface area contributed by atoms with E-state index in [4.69, 9.17) is 0 Å². The fraction of sp³-hybridized carbons (Fsp3) is 0.250. The summed E-state index contributed by atoms with van der Waals surface area (Å²) in [6.07, 6.45) is 0.764. The topological polar surface area (TPSA) is 87.0 Å². The molecule has 0 unspecified atom stereocenters. The third-order valence-electron chi connectivity index (χ3n) is 1.24. The van der Waals surface area contributed by atoms with Crippen LogP contribution in [0.1, 0.15) is 21.7 Å². The van der Waals surface area contributed by atoms with Crippen molar-refractivity contribution < 1.29 is 32.8 Å². The Morgan fingerprint density at radius 1 is 1.23 bits per heavy atom. The monoisotopic (exact) mass is 222 g/mol. The van der Waals surface area contributed by atoms with E-state index in [1.807, 2.05) is 19.9 Å². The van der Waals surface area contributed by atoms with E-state index < -0.39 is 0 Å². The number of hydrogen-bond acceptors (Lipinski definition) is 2. The molecule has 0 fully saturated rings. The summed E-state index contributed by atoms with van der Waals surface area (Å²) in [6, 6.07) is 3.70. The summed E-state index contributed by atoms with van der Waals surface area (Å²) in [5.74, 6) is 0. The molecule has 0 aliphatic rings. The molecule has 0 N–H and O–H groups in total. The molecule has 1 aromatic heterocycles. The molecule has 0 bridgehead atoms. The fourth-order valence-electron chi connectivity index (χ4n) is 0.933. The van der Waals surface area contributed by atoms with Crippen molar-refractivity contribution in [2.24, 2.45) is 0 Å². The molecule has 0 saturated heterocycles. The van der Waals surface area contributed by atoms with E-state index in [1.165, 1.54) is 0 Å². The van der Waals surface area contributed by atoms with Crippen LogP contribution in [-0.2, 0) is 28.0 Å². The van der Waals surface area contributed by atoms with Crippen molar-refractivity contribution >= 4 is 6.29 Å². The number of aromatic nitrogens is 1. The van der Waals surface area contributed by atoms with Crippen molar-refractivity contribution in [1.29, 1.82) is 0 Å². The first kappa shape index (κ1) is 18.1. The van der Waals surface area contributed by atoms with Crippen LogP contribution in [0.3, 0.4) is 0 Å². The molecule has 1 rings (SSSR count). The van der Waals surface area contributed by atoms with Crippen molar-refractivity contribution in [2.75, 3.05) is 0 Å². The number of pyridine rings is 1. The summed E-state index contributed by atoms with van der Waals surface area (Å²) in [5, 5.41) is 0. The summed E-state index contributed by atoms with van der Waals surface area (Å²) in [6.45, 7) is 3.82. The summed E-state index contributed by atoms with van der Waals surface area (Å²) in [7, 11) is 0. The second kappa shape index (κ2) is 7.89. The van der Waals surface area contributed by atoms with Crippen LogP contribution in [0.4, 0.5) is 0 Å². The second-order valence-electron chi connectivity index (χ2n) is 2.33. The quantitative estimate of drug-likeness (QED) is 0.529. The van der Waals surface area contributed by atoms with Gasteiger partial charge in [-0.05, 0) is 31.5 Å². The second-order valence-corrected chi connectivity index (χ2v) is 2.33. The Morgan fingerprint density at radius 3 is 2.15 bits per heavy atom. The van der Waals surface area contributed by atoms with E-state index in [0.29, 0.717) is 5.69 Å². The van der Waals surface area contributed by atoms with Gasteiger partial charge < -0.3 is 11.0 Å². The zero-order chi connectivity index (χ0) is 7.56. The van der Waals surface area contributed by atoms with Crippen LogP contribution in [0.2, 0.25) is 0 Å². The van der Waals surface area contributed by atoms with Gasteiger partial charge in [0.25, 0.3) is 0 Å². The first-order chi connectivity index (χ1) is 4.72. The maximum atomic E-state index is 10.2. The van der Waals surface area contributed by atoms with Gasteiger partial charge in [0.2, 0.25) is 0 Å². The molecule has 4 nitrogen and oxygen atoms in total. The Balaban J connectivity index is -0.000000333. The molecule has 1 aromatic rings. The molecular formula is C8H9MnNO3-4. The van der Waals surface area contributed by atoms with Crippen LogP contribution in [-0.4, -0.2) is 11.3 Å². The molecule has 0 spiro atoms. The molecule has 1 radical (unpaired) electrons. The van der Waals surface area contributed by atoms with Crippen LogP contribution in [0.25, 0.3) is 0 Å². The van der Waals surface area contributed by atoms with E-state index >= 15 is 0 Å². The summed E-state index contributed by atoms with van der Waals surface area (Å²) in [5.41, 5.74) is 2.48. The smallest absolute Gasteiger partial charge is 0.168 e. The number of aldehydes is 1. The van der Waals surface area contributed by atoms with Crippen LogP contribution < -0.4 is 0 Å². The molecule has 1 heterocycles. The Morgan fingerprint density at radius 2 is 1.77 bits per heavy atom. The Bertz CT molecular complexity index is 245. The zero-order valence-electron chi connectivity index (χ0n) is 7.28. The molecule has 0 aromatic carbocycles. The molecule has 5 heteroatoms. The Kier molecular flexibility index (Phi) is 11.0. The molecule has 0 aliphatic carbocycles. The minimum Gasteiger partial charge on any atom is -2.00 e. The number of aryl methyl sites for hydroxylation is 2. The SMILES string of the molecule is Cc1cc(C)nc(C=O)c1.[Mn].[O-2].[O-2].